The smallest absolute Gasteiger partial charge is 0.387 e. The van der Waals surface area contributed by atoms with Crippen molar-refractivity contribution in [1.82, 2.24) is 9.78 Å². The lowest BCUT2D eigenvalue weighted by atomic mass is 9.90. The molecule has 1 aromatic carbocycles. The number of allylic oxidation sites excluding steroid dienone is 1. The van der Waals surface area contributed by atoms with Gasteiger partial charge in [0.25, 0.3) is 0 Å². The molecule has 0 amide bonds. The maximum Gasteiger partial charge on any atom is 0.387 e. The third-order valence-corrected chi connectivity index (χ3v) is 3.97. The number of hydrogen-bond acceptors (Lipinski definition) is 4. The number of halogens is 2. The Balaban J connectivity index is 1.93. The van der Waals surface area contributed by atoms with Crippen molar-refractivity contribution < 1.29 is 23.0 Å². The van der Waals surface area contributed by atoms with Gasteiger partial charge < -0.3 is 9.47 Å². The number of carbonyl (C=O) groups is 1. The van der Waals surface area contributed by atoms with Crippen LogP contribution in [0.15, 0.2) is 30.0 Å². The molecule has 0 saturated heterocycles. The van der Waals surface area contributed by atoms with Crippen LogP contribution in [0.2, 0.25) is 0 Å². The summed E-state index contributed by atoms with van der Waals surface area (Å²) in [7, 11) is 3.18. The molecule has 0 spiro atoms. The Bertz CT molecular complexity index is 812. The van der Waals surface area contributed by atoms with Crippen LogP contribution in [0.5, 0.6) is 11.5 Å². The Kier molecular flexibility index (Phi) is 4.33. The number of ether oxygens (including phenoxy) is 2. The molecule has 0 radical (unpaired) electrons. The Labute approximate surface area is 137 Å². The first-order chi connectivity index (χ1) is 11.5. The number of rotatable bonds is 4. The normalized spacial score (nSPS) is 15.7. The van der Waals surface area contributed by atoms with Crippen LogP contribution in [0.25, 0.3) is 6.08 Å². The van der Waals surface area contributed by atoms with Crippen molar-refractivity contribution in [3.05, 3.63) is 46.8 Å². The van der Waals surface area contributed by atoms with Crippen molar-refractivity contribution in [2.75, 3.05) is 7.11 Å². The third-order valence-electron chi connectivity index (χ3n) is 3.97. The molecule has 0 saturated carbocycles. The second kappa shape index (κ2) is 6.43. The van der Waals surface area contributed by atoms with Gasteiger partial charge in [0.1, 0.15) is 0 Å². The quantitative estimate of drug-likeness (QED) is 0.806. The number of carbonyl (C=O) groups excluding carboxylic acids is 1. The summed E-state index contributed by atoms with van der Waals surface area (Å²) in [5, 5.41) is 4.11. The van der Waals surface area contributed by atoms with E-state index >= 15 is 0 Å². The summed E-state index contributed by atoms with van der Waals surface area (Å²) < 4.78 is 36.2. The number of benzene rings is 1. The molecule has 7 heteroatoms. The average molecular weight is 334 g/mol. The van der Waals surface area contributed by atoms with E-state index < -0.39 is 6.61 Å². The van der Waals surface area contributed by atoms with Crippen LogP contribution < -0.4 is 9.47 Å². The maximum atomic E-state index is 12.5. The molecular weight excluding hydrogens is 318 g/mol. The summed E-state index contributed by atoms with van der Waals surface area (Å²) in [5.41, 5.74) is 2.71. The van der Waals surface area contributed by atoms with Crippen molar-refractivity contribution in [3.63, 3.8) is 0 Å². The van der Waals surface area contributed by atoms with Crippen molar-refractivity contribution in [3.8, 4) is 11.5 Å². The summed E-state index contributed by atoms with van der Waals surface area (Å²) in [6.45, 7) is -2.95. The minimum Gasteiger partial charge on any atom is -0.493 e. The lowest BCUT2D eigenvalue weighted by Crippen LogP contribution is -2.15. The number of Topliss-reactive ketones (excluding diaryl/α,β-unsaturated/α-hetero) is 1. The van der Waals surface area contributed by atoms with Crippen molar-refractivity contribution >= 4 is 11.9 Å². The zero-order chi connectivity index (χ0) is 17.3. The molecule has 1 aliphatic rings. The number of nitrogens with zero attached hydrogens (tertiary/aromatic N) is 2. The van der Waals surface area contributed by atoms with Gasteiger partial charge in [0.05, 0.1) is 18.9 Å². The van der Waals surface area contributed by atoms with Crippen LogP contribution in [0, 0.1) is 0 Å². The Morgan fingerprint density at radius 2 is 2.08 bits per heavy atom. The molecule has 0 unspecified atom stereocenters. The van der Waals surface area contributed by atoms with Gasteiger partial charge in [-0.25, -0.2) is 0 Å². The number of aryl methyl sites for hydroxylation is 1. The molecular formula is C17H16F2N2O3. The summed E-state index contributed by atoms with van der Waals surface area (Å²) >= 11 is 0. The van der Waals surface area contributed by atoms with Gasteiger partial charge in [-0.2, -0.15) is 13.9 Å². The molecule has 2 aromatic rings. The standard InChI is InChI=1S/C17H16F2N2O3/c1-21-13-5-4-11(16(22)12(13)9-20-21)7-10-3-6-14(23-2)15(8-10)24-17(18)19/h3,6-9,17H,4-5H2,1-2H3. The third kappa shape index (κ3) is 3.02. The predicted octanol–water partition coefficient (Wildman–Crippen LogP) is 3.24. The molecule has 0 fully saturated rings. The summed E-state index contributed by atoms with van der Waals surface area (Å²) in [4.78, 5) is 12.5. The van der Waals surface area contributed by atoms with Gasteiger partial charge in [-0.05, 0) is 36.6 Å². The minimum atomic E-state index is -2.95. The predicted molar refractivity (Wildman–Crippen MR) is 83.5 cm³/mol. The molecule has 126 valence electrons. The van der Waals surface area contributed by atoms with E-state index in [0.717, 1.165) is 5.69 Å². The van der Waals surface area contributed by atoms with E-state index in [-0.39, 0.29) is 17.3 Å². The first-order valence-corrected chi connectivity index (χ1v) is 7.38. The van der Waals surface area contributed by atoms with Gasteiger partial charge in [-0.15, -0.1) is 0 Å². The van der Waals surface area contributed by atoms with E-state index in [4.69, 9.17) is 4.74 Å². The second-order valence-electron chi connectivity index (χ2n) is 5.42. The molecule has 1 aromatic heterocycles. The molecule has 1 aliphatic carbocycles. The topological polar surface area (TPSA) is 53.4 Å². The monoisotopic (exact) mass is 334 g/mol. The number of aromatic nitrogens is 2. The Morgan fingerprint density at radius 3 is 2.79 bits per heavy atom. The van der Waals surface area contributed by atoms with Crippen LogP contribution in [-0.4, -0.2) is 29.3 Å². The van der Waals surface area contributed by atoms with E-state index in [1.54, 1.807) is 30.1 Å². The lowest BCUT2D eigenvalue weighted by molar-refractivity contribution is -0.0512. The highest BCUT2D eigenvalue weighted by atomic mass is 19.3. The van der Waals surface area contributed by atoms with E-state index in [1.807, 2.05) is 0 Å². The lowest BCUT2D eigenvalue weighted by Gasteiger charge is -2.15. The zero-order valence-corrected chi connectivity index (χ0v) is 13.3. The number of alkyl halides is 2. The number of ketones is 1. The van der Waals surface area contributed by atoms with Gasteiger partial charge in [0.15, 0.2) is 17.3 Å². The summed E-state index contributed by atoms with van der Waals surface area (Å²) in [6, 6.07) is 4.66. The molecule has 24 heavy (non-hydrogen) atoms. The van der Waals surface area contributed by atoms with Crippen LogP contribution >= 0.6 is 0 Å². The van der Waals surface area contributed by atoms with E-state index in [0.29, 0.717) is 29.5 Å². The van der Waals surface area contributed by atoms with E-state index in [2.05, 4.69) is 9.84 Å². The maximum absolute atomic E-state index is 12.5. The Morgan fingerprint density at radius 1 is 1.29 bits per heavy atom. The van der Waals surface area contributed by atoms with E-state index in [1.165, 1.54) is 19.2 Å². The highest BCUT2D eigenvalue weighted by Gasteiger charge is 2.25. The molecule has 5 nitrogen and oxygen atoms in total. The Hall–Kier alpha value is -2.70. The number of methoxy groups -OCH3 is 1. The van der Waals surface area contributed by atoms with Crippen molar-refractivity contribution in [1.29, 1.82) is 0 Å². The fraction of sp³-hybridized carbons (Fsp3) is 0.294. The zero-order valence-electron chi connectivity index (χ0n) is 13.3. The number of fused-ring (bicyclic) bond motifs is 1. The van der Waals surface area contributed by atoms with Crippen LogP contribution in [-0.2, 0) is 13.5 Å². The minimum absolute atomic E-state index is 0.0628. The summed E-state index contributed by atoms with van der Waals surface area (Å²) in [6.07, 6.45) is 4.53. The SMILES string of the molecule is COc1ccc(C=C2CCc3c(cnn3C)C2=O)cc1OC(F)F. The fourth-order valence-electron chi connectivity index (χ4n) is 2.80. The molecule has 0 bridgehead atoms. The first kappa shape index (κ1) is 16.2. The molecule has 0 N–H and O–H groups in total. The van der Waals surface area contributed by atoms with Crippen molar-refractivity contribution in [2.24, 2.45) is 7.05 Å². The van der Waals surface area contributed by atoms with Gasteiger partial charge in [-0.3, -0.25) is 9.48 Å². The number of hydrogen-bond donors (Lipinski definition) is 0. The fourth-order valence-corrected chi connectivity index (χ4v) is 2.80. The second-order valence-corrected chi connectivity index (χ2v) is 5.42. The van der Waals surface area contributed by atoms with E-state index in [9.17, 15) is 13.6 Å². The van der Waals surface area contributed by atoms with Crippen LogP contribution in [0.4, 0.5) is 8.78 Å². The first-order valence-electron chi connectivity index (χ1n) is 7.38. The van der Waals surface area contributed by atoms with Crippen molar-refractivity contribution in [2.45, 2.75) is 19.5 Å². The molecule has 1 heterocycles. The highest BCUT2D eigenvalue weighted by molar-refractivity contribution is 6.12. The highest BCUT2D eigenvalue weighted by Crippen LogP contribution is 2.32. The largest absolute Gasteiger partial charge is 0.493 e. The molecule has 3 rings (SSSR count). The average Bonchev–Trinajstić information content (AvgIpc) is 2.92. The molecule has 0 aliphatic heterocycles. The molecule has 0 atom stereocenters. The van der Waals surface area contributed by atoms with Gasteiger partial charge >= 0.3 is 6.61 Å². The van der Waals surface area contributed by atoms with Crippen LogP contribution in [0.1, 0.15) is 28.0 Å². The van der Waals surface area contributed by atoms with Gasteiger partial charge in [0, 0.05) is 18.3 Å². The van der Waals surface area contributed by atoms with Gasteiger partial charge in [-0.1, -0.05) is 6.07 Å². The summed E-state index contributed by atoms with van der Waals surface area (Å²) in [5.74, 6) is 0.0608. The van der Waals surface area contributed by atoms with Crippen LogP contribution in [0.3, 0.4) is 0 Å². The van der Waals surface area contributed by atoms with Gasteiger partial charge in [0.2, 0.25) is 0 Å².